The van der Waals surface area contributed by atoms with Gasteiger partial charge in [0.05, 0.1) is 11.6 Å². The van der Waals surface area contributed by atoms with Crippen molar-refractivity contribution in [2.45, 2.75) is 47.9 Å². The van der Waals surface area contributed by atoms with Crippen molar-refractivity contribution in [3.8, 4) is 6.07 Å². The summed E-state index contributed by atoms with van der Waals surface area (Å²) in [4.78, 5) is 5.33. The Hall–Kier alpha value is -2.02. The van der Waals surface area contributed by atoms with Gasteiger partial charge in [-0.1, -0.05) is 36.4 Å². The Balaban J connectivity index is 1.67. The van der Waals surface area contributed by atoms with Crippen LogP contribution in [0.1, 0.15) is 48.8 Å². The van der Waals surface area contributed by atoms with E-state index >= 15 is 0 Å². The van der Waals surface area contributed by atoms with Crippen molar-refractivity contribution in [2.75, 3.05) is 13.1 Å². The second-order valence-corrected chi connectivity index (χ2v) is 8.64. The lowest BCUT2D eigenvalue weighted by molar-refractivity contribution is 0.133. The van der Waals surface area contributed by atoms with Crippen LogP contribution in [0.25, 0.3) is 5.57 Å². The van der Waals surface area contributed by atoms with Gasteiger partial charge in [-0.2, -0.15) is 5.26 Å². The van der Waals surface area contributed by atoms with E-state index in [-0.39, 0.29) is 0 Å². The number of fused-ring (bicyclic) bond motifs is 3. The minimum absolute atomic E-state index is 0.758. The number of hydrogen-bond donors (Lipinski definition) is 0. The maximum atomic E-state index is 9.40. The quantitative estimate of drug-likeness (QED) is 0.533. The Bertz CT molecular complexity index is 937. The molecule has 1 atom stereocenters. The second-order valence-electron chi connectivity index (χ2n) is 7.56. The molecule has 5 rings (SSSR count). The first kappa shape index (κ1) is 16.2. The highest BCUT2D eigenvalue weighted by Gasteiger charge is 2.31. The number of piperidine rings is 2. The predicted molar refractivity (Wildman–Crippen MR) is 106 cm³/mol. The first-order valence-electron chi connectivity index (χ1n) is 9.61. The average Bonchev–Trinajstić information content (AvgIpc) is 2.71. The molecule has 0 spiro atoms. The third kappa shape index (κ3) is 2.69. The first-order valence-corrected chi connectivity index (χ1v) is 10.4. The summed E-state index contributed by atoms with van der Waals surface area (Å²) in [6, 6.07) is 18.0. The molecule has 26 heavy (non-hydrogen) atoms. The van der Waals surface area contributed by atoms with E-state index in [0.717, 1.165) is 18.2 Å². The van der Waals surface area contributed by atoms with Crippen LogP contribution in [-0.2, 0) is 0 Å². The zero-order valence-corrected chi connectivity index (χ0v) is 15.7. The van der Waals surface area contributed by atoms with Crippen LogP contribution in [0.15, 0.2) is 57.8 Å². The zero-order chi connectivity index (χ0) is 17.5. The van der Waals surface area contributed by atoms with Gasteiger partial charge in [-0.3, -0.25) is 4.90 Å². The summed E-state index contributed by atoms with van der Waals surface area (Å²) in [5.74, 6) is 0. The molecule has 2 aromatic rings. The van der Waals surface area contributed by atoms with Crippen molar-refractivity contribution >= 4 is 17.3 Å². The normalized spacial score (nSPS) is 25.0. The Kier molecular flexibility index (Phi) is 4.11. The smallest absolute Gasteiger partial charge is 0.0991 e. The molecule has 3 heterocycles. The number of nitriles is 1. The molecule has 0 aromatic heterocycles. The fourth-order valence-electron chi connectivity index (χ4n) is 4.75. The van der Waals surface area contributed by atoms with Crippen LogP contribution in [0.4, 0.5) is 0 Å². The maximum absolute atomic E-state index is 9.40. The molecule has 2 nitrogen and oxygen atoms in total. The minimum atomic E-state index is 0.758. The van der Waals surface area contributed by atoms with Gasteiger partial charge in [-0.05, 0) is 78.8 Å². The fraction of sp³-hybridized carbons (Fsp3) is 0.348. The highest BCUT2D eigenvalue weighted by atomic mass is 32.2. The molecule has 2 fully saturated rings. The predicted octanol–water partition coefficient (Wildman–Crippen LogP) is 5.47. The lowest BCUT2D eigenvalue weighted by Gasteiger charge is -2.41. The van der Waals surface area contributed by atoms with Gasteiger partial charge in [0.1, 0.15) is 0 Å². The Morgan fingerprint density at radius 2 is 1.88 bits per heavy atom. The van der Waals surface area contributed by atoms with Crippen LogP contribution < -0.4 is 0 Å². The first-order chi connectivity index (χ1) is 12.8. The van der Waals surface area contributed by atoms with E-state index in [2.05, 4.69) is 47.4 Å². The molecule has 0 bridgehead atoms. The van der Waals surface area contributed by atoms with Crippen LogP contribution in [0.5, 0.6) is 0 Å². The van der Waals surface area contributed by atoms with Crippen molar-refractivity contribution in [3.05, 3.63) is 64.7 Å². The summed E-state index contributed by atoms with van der Waals surface area (Å²) in [6.45, 7) is 2.33. The van der Waals surface area contributed by atoms with E-state index < -0.39 is 0 Å². The summed E-state index contributed by atoms with van der Waals surface area (Å²) in [5.41, 5.74) is 6.33. The number of hydrogen-bond acceptors (Lipinski definition) is 3. The molecule has 3 aliphatic heterocycles. The molecule has 2 saturated heterocycles. The molecular weight excluding hydrogens is 336 g/mol. The van der Waals surface area contributed by atoms with Crippen LogP contribution >= 0.6 is 11.8 Å². The number of rotatable bonds is 0. The van der Waals surface area contributed by atoms with Crippen molar-refractivity contribution < 1.29 is 0 Å². The maximum Gasteiger partial charge on any atom is 0.0991 e. The number of benzene rings is 2. The molecule has 0 radical (unpaired) electrons. The van der Waals surface area contributed by atoms with Gasteiger partial charge in [0.25, 0.3) is 0 Å². The van der Waals surface area contributed by atoms with Crippen LogP contribution in [0, 0.1) is 11.3 Å². The SMILES string of the molecule is N#Cc1ccc2c(c1)/C(=C1\CCC3CCCCN3C1)c1ccccc1S2. The Morgan fingerprint density at radius 1 is 1.00 bits per heavy atom. The zero-order valence-electron chi connectivity index (χ0n) is 14.9. The minimum Gasteiger partial charge on any atom is -0.296 e. The van der Waals surface area contributed by atoms with Gasteiger partial charge in [-0.25, -0.2) is 0 Å². The van der Waals surface area contributed by atoms with E-state index in [9.17, 15) is 5.26 Å². The molecular formula is C23H22N2S. The Labute approximate surface area is 159 Å². The molecule has 1 unspecified atom stereocenters. The monoisotopic (exact) mass is 358 g/mol. The molecule has 0 saturated carbocycles. The summed E-state index contributed by atoms with van der Waals surface area (Å²) in [6.07, 6.45) is 6.55. The van der Waals surface area contributed by atoms with Gasteiger partial charge in [-0.15, -0.1) is 0 Å². The van der Waals surface area contributed by atoms with E-state index in [1.54, 1.807) is 5.57 Å². The molecule has 3 aliphatic rings. The van der Waals surface area contributed by atoms with E-state index in [1.165, 1.54) is 65.1 Å². The van der Waals surface area contributed by atoms with Crippen molar-refractivity contribution in [3.63, 3.8) is 0 Å². The molecule has 2 aromatic carbocycles. The van der Waals surface area contributed by atoms with E-state index in [0.29, 0.717) is 0 Å². The number of nitrogens with zero attached hydrogens (tertiary/aromatic N) is 2. The van der Waals surface area contributed by atoms with E-state index in [4.69, 9.17) is 0 Å². The van der Waals surface area contributed by atoms with Crippen molar-refractivity contribution in [2.24, 2.45) is 0 Å². The molecule has 0 N–H and O–H groups in total. The lowest BCUT2D eigenvalue weighted by atomic mass is 9.84. The Morgan fingerprint density at radius 3 is 2.81 bits per heavy atom. The average molecular weight is 359 g/mol. The van der Waals surface area contributed by atoms with Gasteiger partial charge in [0, 0.05) is 22.4 Å². The lowest BCUT2D eigenvalue weighted by Crippen LogP contribution is -2.43. The standard InChI is InChI=1S/C23H22N2S/c24-14-16-8-11-22-20(13-16)23(19-6-1-2-7-21(19)26-22)17-9-10-18-5-3-4-12-25(18)15-17/h1-2,6-8,11,13,18H,3-5,9-10,12,15H2/b23-17+. The highest BCUT2D eigenvalue weighted by Crippen LogP contribution is 2.48. The summed E-state index contributed by atoms with van der Waals surface area (Å²) in [5, 5.41) is 9.40. The molecule has 0 amide bonds. The third-order valence-electron chi connectivity index (χ3n) is 6.03. The van der Waals surface area contributed by atoms with Crippen molar-refractivity contribution in [1.82, 2.24) is 4.90 Å². The summed E-state index contributed by atoms with van der Waals surface area (Å²) < 4.78 is 0. The van der Waals surface area contributed by atoms with Crippen molar-refractivity contribution in [1.29, 1.82) is 5.26 Å². The van der Waals surface area contributed by atoms with Crippen LogP contribution in [0.3, 0.4) is 0 Å². The van der Waals surface area contributed by atoms with Crippen LogP contribution in [-0.4, -0.2) is 24.0 Å². The molecule has 3 heteroatoms. The fourth-order valence-corrected chi connectivity index (χ4v) is 5.83. The molecule has 0 aliphatic carbocycles. The summed E-state index contributed by atoms with van der Waals surface area (Å²) in [7, 11) is 0. The second kappa shape index (κ2) is 6.61. The molecule has 130 valence electrons. The third-order valence-corrected chi connectivity index (χ3v) is 7.18. The van der Waals surface area contributed by atoms with Crippen LogP contribution in [0.2, 0.25) is 0 Å². The summed E-state index contributed by atoms with van der Waals surface area (Å²) >= 11 is 1.84. The van der Waals surface area contributed by atoms with Gasteiger partial charge < -0.3 is 0 Å². The van der Waals surface area contributed by atoms with Gasteiger partial charge >= 0.3 is 0 Å². The van der Waals surface area contributed by atoms with Gasteiger partial charge in [0.15, 0.2) is 0 Å². The highest BCUT2D eigenvalue weighted by molar-refractivity contribution is 7.99. The van der Waals surface area contributed by atoms with Gasteiger partial charge in [0.2, 0.25) is 0 Å². The van der Waals surface area contributed by atoms with E-state index in [1.807, 2.05) is 17.8 Å². The topological polar surface area (TPSA) is 27.0 Å². The largest absolute Gasteiger partial charge is 0.296 e.